The molecule has 0 radical (unpaired) electrons. The zero-order chi connectivity index (χ0) is 18.4. The number of carbonyl (C=O) groups excluding carboxylic acids is 1. The van der Waals surface area contributed by atoms with Crippen molar-refractivity contribution in [1.82, 2.24) is 9.80 Å². The van der Waals surface area contributed by atoms with Crippen molar-refractivity contribution in [3.8, 4) is 5.75 Å². The number of amides is 1. The van der Waals surface area contributed by atoms with E-state index >= 15 is 0 Å². The minimum Gasteiger partial charge on any atom is -0.491 e. The molecule has 0 spiro atoms. The van der Waals surface area contributed by atoms with Crippen LogP contribution in [0.1, 0.15) is 11.6 Å². The van der Waals surface area contributed by atoms with E-state index in [1.165, 1.54) is 0 Å². The molecule has 154 valence electrons. The molecule has 1 unspecified atom stereocenters. The number of hydrogen-bond donors (Lipinski definition) is 1. The average Bonchev–Trinajstić information content (AvgIpc) is 2.69. The maximum absolute atomic E-state index is 12.6. The summed E-state index contributed by atoms with van der Waals surface area (Å²) in [5.74, 6) is 0.694. The quantitative estimate of drug-likeness (QED) is 0.739. The van der Waals surface area contributed by atoms with Crippen molar-refractivity contribution in [1.29, 1.82) is 0 Å². The molecule has 1 amide bonds. The smallest absolute Gasteiger partial charge is 0.244 e. The monoisotopic (exact) mass is 445 g/mol. The molecule has 2 aromatic rings. The average molecular weight is 447 g/mol. The number of halogens is 3. The first kappa shape index (κ1) is 24.5. The molecular formula is C20H26Cl3N3O2. The Bertz CT molecular complexity index is 726. The molecular weight excluding hydrogens is 421 g/mol. The van der Waals surface area contributed by atoms with Gasteiger partial charge in [-0.2, -0.15) is 0 Å². The van der Waals surface area contributed by atoms with Crippen LogP contribution >= 0.6 is 36.4 Å². The number of carbonyl (C=O) groups is 1. The molecule has 2 aromatic carbocycles. The molecule has 3 rings (SSSR count). The van der Waals surface area contributed by atoms with Crippen LogP contribution in [0.2, 0.25) is 5.02 Å². The van der Waals surface area contributed by atoms with Crippen LogP contribution in [0, 0.1) is 0 Å². The van der Waals surface area contributed by atoms with Gasteiger partial charge in [0.1, 0.15) is 18.4 Å². The number of nitrogens with zero attached hydrogens (tertiary/aromatic N) is 2. The second kappa shape index (κ2) is 12.1. The molecule has 1 heterocycles. The summed E-state index contributed by atoms with van der Waals surface area (Å²) >= 11 is 6.09. The van der Waals surface area contributed by atoms with E-state index in [1.807, 2.05) is 59.5 Å². The number of rotatable bonds is 6. The van der Waals surface area contributed by atoms with Crippen LogP contribution in [0.3, 0.4) is 0 Å². The third-order valence-electron chi connectivity index (χ3n) is 4.61. The SMILES string of the molecule is Cl.Cl.NC(C(=O)N1CCN(CCOc2ccccc2Cl)CC1)c1ccccc1. The van der Waals surface area contributed by atoms with Crippen molar-refractivity contribution in [3.63, 3.8) is 0 Å². The van der Waals surface area contributed by atoms with E-state index in [2.05, 4.69) is 4.90 Å². The Kier molecular flexibility index (Phi) is 10.6. The Balaban J connectivity index is 0.00000196. The molecule has 1 aliphatic rings. The van der Waals surface area contributed by atoms with E-state index in [0.717, 1.165) is 25.2 Å². The highest BCUT2D eigenvalue weighted by Gasteiger charge is 2.26. The highest BCUT2D eigenvalue weighted by atomic mass is 35.5. The Hall–Kier alpha value is -1.50. The van der Waals surface area contributed by atoms with Crippen LogP contribution < -0.4 is 10.5 Å². The first-order valence-electron chi connectivity index (χ1n) is 8.84. The summed E-state index contributed by atoms with van der Waals surface area (Å²) in [4.78, 5) is 16.7. The third-order valence-corrected chi connectivity index (χ3v) is 4.92. The lowest BCUT2D eigenvalue weighted by atomic mass is 10.1. The largest absolute Gasteiger partial charge is 0.491 e. The van der Waals surface area contributed by atoms with Crippen molar-refractivity contribution in [2.75, 3.05) is 39.3 Å². The molecule has 0 aliphatic carbocycles. The lowest BCUT2D eigenvalue weighted by molar-refractivity contribution is -0.134. The fourth-order valence-electron chi connectivity index (χ4n) is 3.04. The first-order chi connectivity index (χ1) is 12.6. The number of hydrogen-bond acceptors (Lipinski definition) is 4. The van der Waals surface area contributed by atoms with Gasteiger partial charge < -0.3 is 15.4 Å². The lowest BCUT2D eigenvalue weighted by Crippen LogP contribution is -2.51. The maximum Gasteiger partial charge on any atom is 0.244 e. The van der Waals surface area contributed by atoms with Crippen molar-refractivity contribution in [2.24, 2.45) is 5.73 Å². The summed E-state index contributed by atoms with van der Waals surface area (Å²) in [6.07, 6.45) is 0. The fourth-order valence-corrected chi connectivity index (χ4v) is 3.23. The van der Waals surface area contributed by atoms with E-state index in [9.17, 15) is 4.79 Å². The normalized spacial score (nSPS) is 15.1. The Morgan fingerprint density at radius 3 is 2.25 bits per heavy atom. The second-order valence-electron chi connectivity index (χ2n) is 6.33. The van der Waals surface area contributed by atoms with Gasteiger partial charge in [-0.15, -0.1) is 24.8 Å². The number of benzene rings is 2. The molecule has 0 bridgehead atoms. The Labute approximate surface area is 183 Å². The van der Waals surface area contributed by atoms with Crippen LogP contribution in [0.25, 0.3) is 0 Å². The summed E-state index contributed by atoms with van der Waals surface area (Å²) in [7, 11) is 0. The van der Waals surface area contributed by atoms with Gasteiger partial charge in [0, 0.05) is 32.7 Å². The highest BCUT2D eigenvalue weighted by Crippen LogP contribution is 2.23. The van der Waals surface area contributed by atoms with Gasteiger partial charge in [0.15, 0.2) is 0 Å². The zero-order valence-corrected chi connectivity index (χ0v) is 17.9. The van der Waals surface area contributed by atoms with Gasteiger partial charge >= 0.3 is 0 Å². The molecule has 0 saturated carbocycles. The second-order valence-corrected chi connectivity index (χ2v) is 6.74. The van der Waals surface area contributed by atoms with Gasteiger partial charge in [0.2, 0.25) is 5.91 Å². The van der Waals surface area contributed by atoms with Gasteiger partial charge in [-0.1, -0.05) is 54.1 Å². The Morgan fingerprint density at radius 2 is 1.61 bits per heavy atom. The lowest BCUT2D eigenvalue weighted by Gasteiger charge is -2.35. The number of nitrogens with two attached hydrogens (primary N) is 1. The van der Waals surface area contributed by atoms with E-state index in [4.69, 9.17) is 22.1 Å². The molecule has 1 atom stereocenters. The number of piperazine rings is 1. The minimum absolute atomic E-state index is 0. The van der Waals surface area contributed by atoms with Gasteiger partial charge in [-0.05, 0) is 17.7 Å². The highest BCUT2D eigenvalue weighted by molar-refractivity contribution is 6.32. The summed E-state index contributed by atoms with van der Waals surface area (Å²) in [5.41, 5.74) is 6.98. The minimum atomic E-state index is -0.591. The van der Waals surface area contributed by atoms with Gasteiger partial charge in [0.25, 0.3) is 0 Å². The number of ether oxygens (including phenoxy) is 1. The van der Waals surface area contributed by atoms with Crippen LogP contribution in [0.4, 0.5) is 0 Å². The molecule has 8 heteroatoms. The first-order valence-corrected chi connectivity index (χ1v) is 9.22. The zero-order valence-electron chi connectivity index (χ0n) is 15.5. The standard InChI is InChI=1S/C20H24ClN3O2.2ClH/c21-17-8-4-5-9-18(17)26-15-14-23-10-12-24(13-11-23)20(25)19(22)16-6-2-1-3-7-16;;/h1-9,19H,10-15,22H2;2*1H. The predicted octanol–water partition coefficient (Wildman–Crippen LogP) is 3.41. The van der Waals surface area contributed by atoms with Crippen molar-refractivity contribution < 1.29 is 9.53 Å². The topological polar surface area (TPSA) is 58.8 Å². The molecule has 2 N–H and O–H groups in total. The molecule has 0 aromatic heterocycles. The van der Waals surface area contributed by atoms with Crippen LogP contribution in [0.5, 0.6) is 5.75 Å². The number of para-hydroxylation sites is 1. The summed E-state index contributed by atoms with van der Waals surface area (Å²) in [5, 5.41) is 0.623. The maximum atomic E-state index is 12.6. The van der Waals surface area contributed by atoms with E-state index in [-0.39, 0.29) is 30.7 Å². The predicted molar refractivity (Wildman–Crippen MR) is 118 cm³/mol. The van der Waals surface area contributed by atoms with Gasteiger partial charge in [-0.25, -0.2) is 0 Å². The molecule has 28 heavy (non-hydrogen) atoms. The van der Waals surface area contributed by atoms with E-state index in [0.29, 0.717) is 30.5 Å². The third kappa shape index (κ3) is 6.54. The Morgan fingerprint density at radius 1 is 1.00 bits per heavy atom. The van der Waals surface area contributed by atoms with E-state index in [1.54, 1.807) is 0 Å². The summed E-state index contributed by atoms with van der Waals surface area (Å²) in [6.45, 7) is 4.38. The van der Waals surface area contributed by atoms with Crippen molar-refractivity contribution in [3.05, 3.63) is 65.2 Å². The van der Waals surface area contributed by atoms with Crippen LogP contribution in [-0.4, -0.2) is 55.0 Å². The van der Waals surface area contributed by atoms with Gasteiger partial charge in [0.05, 0.1) is 5.02 Å². The van der Waals surface area contributed by atoms with Gasteiger partial charge in [-0.3, -0.25) is 9.69 Å². The van der Waals surface area contributed by atoms with Crippen LogP contribution in [-0.2, 0) is 4.79 Å². The van der Waals surface area contributed by atoms with Crippen molar-refractivity contribution >= 4 is 42.3 Å². The van der Waals surface area contributed by atoms with Crippen LogP contribution in [0.15, 0.2) is 54.6 Å². The molecule has 1 saturated heterocycles. The molecule has 5 nitrogen and oxygen atoms in total. The molecule has 1 fully saturated rings. The fraction of sp³-hybridized carbons (Fsp3) is 0.350. The summed E-state index contributed by atoms with van der Waals surface area (Å²) in [6, 6.07) is 16.4. The van der Waals surface area contributed by atoms with Crippen molar-refractivity contribution in [2.45, 2.75) is 6.04 Å². The molecule has 1 aliphatic heterocycles. The summed E-state index contributed by atoms with van der Waals surface area (Å²) < 4.78 is 5.74. The van der Waals surface area contributed by atoms with E-state index < -0.39 is 6.04 Å².